The average Bonchev–Trinajstić information content (AvgIpc) is 2.89. The molecule has 1 saturated carbocycles. The second kappa shape index (κ2) is 5.89. The van der Waals surface area contributed by atoms with E-state index >= 15 is 0 Å². The van der Waals surface area contributed by atoms with Crippen molar-refractivity contribution in [1.82, 2.24) is 15.0 Å². The molecule has 23 heavy (non-hydrogen) atoms. The number of hydrogen-bond acceptors (Lipinski definition) is 5. The zero-order valence-electron chi connectivity index (χ0n) is 12.9. The Kier molecular flexibility index (Phi) is 3.87. The fourth-order valence-corrected chi connectivity index (χ4v) is 5.07. The lowest BCUT2D eigenvalue weighted by atomic mass is 9.82. The monoisotopic (exact) mass is 335 g/mol. The first-order valence-corrected chi connectivity index (χ1v) is 9.72. The van der Waals surface area contributed by atoms with Crippen molar-refractivity contribution in [2.75, 3.05) is 13.1 Å². The van der Waals surface area contributed by atoms with Gasteiger partial charge in [-0.2, -0.15) is 0 Å². The van der Waals surface area contributed by atoms with E-state index < -0.39 is 10.0 Å². The Labute approximate surface area is 135 Å². The molecule has 6 nitrogen and oxygen atoms in total. The fourth-order valence-electron chi connectivity index (χ4n) is 3.51. The minimum atomic E-state index is -3.17. The average molecular weight is 335 g/mol. The Morgan fingerprint density at radius 2 is 2.00 bits per heavy atom. The summed E-state index contributed by atoms with van der Waals surface area (Å²) in [6.45, 7) is 1.13. The number of nitrogens with one attached hydrogen (secondary N) is 2. The molecular weight excluding hydrogens is 314 g/mol. The van der Waals surface area contributed by atoms with Gasteiger partial charge in [-0.05, 0) is 43.7 Å². The lowest BCUT2D eigenvalue weighted by molar-refractivity contribution is 0.369. The van der Waals surface area contributed by atoms with Crippen LogP contribution in [0.2, 0.25) is 0 Å². The van der Waals surface area contributed by atoms with Crippen LogP contribution < -0.4 is 10.0 Å². The van der Waals surface area contributed by atoms with Gasteiger partial charge in [0.2, 0.25) is 10.0 Å². The van der Waals surface area contributed by atoms with E-state index in [1.165, 1.54) is 0 Å². The number of nitrogens with zero attached hydrogens (tertiary/aromatic N) is 1. The van der Waals surface area contributed by atoms with Crippen LogP contribution in [-0.4, -0.2) is 37.8 Å². The number of pyridine rings is 1. The zero-order chi connectivity index (χ0) is 15.9. The van der Waals surface area contributed by atoms with Crippen molar-refractivity contribution in [3.63, 3.8) is 0 Å². The van der Waals surface area contributed by atoms with Crippen molar-refractivity contribution in [2.45, 2.75) is 42.9 Å². The first-order chi connectivity index (χ1) is 11.1. The maximum atomic E-state index is 12.2. The molecule has 4 rings (SSSR count). The smallest absolute Gasteiger partial charge is 0.217 e. The van der Waals surface area contributed by atoms with Crippen LogP contribution in [0.15, 0.2) is 29.0 Å². The van der Waals surface area contributed by atoms with E-state index in [0.29, 0.717) is 19.0 Å². The molecule has 0 amide bonds. The van der Waals surface area contributed by atoms with Crippen LogP contribution in [0, 0.1) is 0 Å². The van der Waals surface area contributed by atoms with Crippen molar-refractivity contribution in [1.29, 1.82) is 0 Å². The third-order valence-corrected chi connectivity index (χ3v) is 6.91. The third kappa shape index (κ3) is 2.88. The molecule has 2 aromatic rings. The normalized spacial score (nSPS) is 26.3. The molecule has 0 bridgehead atoms. The number of rotatable bonds is 4. The van der Waals surface area contributed by atoms with Crippen LogP contribution in [0.5, 0.6) is 0 Å². The molecule has 124 valence electrons. The Balaban J connectivity index is 1.41. The molecule has 3 heterocycles. The largest absolute Gasteiger partial charge is 0.462 e. The van der Waals surface area contributed by atoms with Gasteiger partial charge in [-0.1, -0.05) is 0 Å². The van der Waals surface area contributed by atoms with Crippen molar-refractivity contribution in [3.8, 4) is 0 Å². The molecular formula is C16H21N3O3S. The molecule has 2 N–H and O–H groups in total. The summed E-state index contributed by atoms with van der Waals surface area (Å²) in [6, 6.07) is 3.86. The van der Waals surface area contributed by atoms with Gasteiger partial charge >= 0.3 is 0 Å². The first-order valence-electron chi connectivity index (χ1n) is 8.17. The minimum Gasteiger partial charge on any atom is -0.462 e. The van der Waals surface area contributed by atoms with Gasteiger partial charge in [0.1, 0.15) is 10.8 Å². The maximum absolute atomic E-state index is 12.2. The predicted octanol–water partition coefficient (Wildman–Crippen LogP) is 1.75. The van der Waals surface area contributed by atoms with Crippen LogP contribution in [0.3, 0.4) is 0 Å². The molecule has 2 aliphatic rings. The van der Waals surface area contributed by atoms with Gasteiger partial charge in [0.25, 0.3) is 0 Å². The lowest BCUT2D eigenvalue weighted by Gasteiger charge is -2.32. The first kappa shape index (κ1) is 15.1. The highest BCUT2D eigenvalue weighted by molar-refractivity contribution is 7.90. The molecule has 7 heteroatoms. The number of sulfonamides is 1. The molecule has 1 saturated heterocycles. The molecule has 2 aromatic heterocycles. The molecule has 0 spiro atoms. The highest BCUT2D eigenvalue weighted by Gasteiger charge is 2.34. The number of hydrogen-bond donors (Lipinski definition) is 2. The van der Waals surface area contributed by atoms with Gasteiger partial charge in [-0.25, -0.2) is 13.1 Å². The van der Waals surface area contributed by atoms with Gasteiger partial charge in [0, 0.05) is 30.9 Å². The Morgan fingerprint density at radius 3 is 2.70 bits per heavy atom. The third-order valence-electron chi connectivity index (χ3n) is 5.04. The van der Waals surface area contributed by atoms with Crippen molar-refractivity contribution in [3.05, 3.63) is 30.2 Å². The summed E-state index contributed by atoms with van der Waals surface area (Å²) in [6.07, 6.45) is 7.25. The van der Waals surface area contributed by atoms with Gasteiger partial charge in [0.05, 0.1) is 6.26 Å². The standard InChI is InChI=1S/C16H21N3O3S/c20-23(21,13-8-17-9-13)19-12-5-3-11(4-6-12)14-10-22-15-2-1-7-18-16(14)15/h1-2,7,10-13,17,19H,3-6,8-9H2/t11-,12-. The second-order valence-electron chi connectivity index (χ2n) is 6.53. The van der Waals surface area contributed by atoms with E-state index in [1.807, 2.05) is 18.4 Å². The van der Waals surface area contributed by atoms with E-state index in [0.717, 1.165) is 42.3 Å². The molecule has 0 aromatic carbocycles. The SMILES string of the molecule is O=S(=O)(N[C@H]1CC[C@H](c2coc3cccnc32)CC1)C1CNC1. The van der Waals surface area contributed by atoms with E-state index in [-0.39, 0.29) is 11.3 Å². The Morgan fingerprint density at radius 1 is 1.22 bits per heavy atom. The number of furan rings is 1. The maximum Gasteiger partial charge on any atom is 0.217 e. The van der Waals surface area contributed by atoms with E-state index in [4.69, 9.17) is 4.42 Å². The van der Waals surface area contributed by atoms with E-state index in [2.05, 4.69) is 15.0 Å². The van der Waals surface area contributed by atoms with Gasteiger partial charge < -0.3 is 9.73 Å². The Bertz CT molecular complexity index is 790. The summed E-state index contributed by atoms with van der Waals surface area (Å²) in [5.74, 6) is 0.400. The molecule has 1 aliphatic carbocycles. The van der Waals surface area contributed by atoms with E-state index in [9.17, 15) is 8.42 Å². The lowest BCUT2D eigenvalue weighted by Crippen LogP contribution is -2.56. The molecule has 0 unspecified atom stereocenters. The summed E-state index contributed by atoms with van der Waals surface area (Å²) in [5.41, 5.74) is 2.92. The summed E-state index contributed by atoms with van der Waals surface area (Å²) < 4.78 is 32.9. The number of fused-ring (bicyclic) bond motifs is 1. The molecule has 2 fully saturated rings. The Hall–Kier alpha value is -1.44. The van der Waals surface area contributed by atoms with Crippen LogP contribution in [-0.2, 0) is 10.0 Å². The van der Waals surface area contributed by atoms with E-state index in [1.54, 1.807) is 6.20 Å². The highest BCUT2D eigenvalue weighted by atomic mass is 32.2. The molecule has 0 atom stereocenters. The summed E-state index contributed by atoms with van der Waals surface area (Å²) in [7, 11) is -3.17. The predicted molar refractivity (Wildman–Crippen MR) is 87.7 cm³/mol. The minimum absolute atomic E-state index is 0.0583. The molecule has 1 aliphatic heterocycles. The van der Waals surface area contributed by atoms with Gasteiger partial charge in [0.15, 0.2) is 5.58 Å². The number of aromatic nitrogens is 1. The molecule has 0 radical (unpaired) electrons. The quantitative estimate of drug-likeness (QED) is 0.889. The topological polar surface area (TPSA) is 84.2 Å². The zero-order valence-corrected chi connectivity index (χ0v) is 13.7. The summed E-state index contributed by atoms with van der Waals surface area (Å²) in [4.78, 5) is 4.42. The van der Waals surface area contributed by atoms with Crippen molar-refractivity contribution < 1.29 is 12.8 Å². The summed E-state index contributed by atoms with van der Waals surface area (Å²) in [5, 5.41) is 2.75. The fraction of sp³-hybridized carbons (Fsp3) is 0.562. The van der Waals surface area contributed by atoms with Crippen LogP contribution in [0.4, 0.5) is 0 Å². The van der Waals surface area contributed by atoms with Crippen molar-refractivity contribution in [2.24, 2.45) is 0 Å². The summed E-state index contributed by atoms with van der Waals surface area (Å²) >= 11 is 0. The second-order valence-corrected chi connectivity index (χ2v) is 8.53. The van der Waals surface area contributed by atoms with Gasteiger partial charge in [-0.15, -0.1) is 0 Å². The van der Waals surface area contributed by atoms with Crippen LogP contribution in [0.25, 0.3) is 11.1 Å². The van der Waals surface area contributed by atoms with Crippen LogP contribution >= 0.6 is 0 Å². The van der Waals surface area contributed by atoms with Crippen LogP contribution in [0.1, 0.15) is 37.2 Å². The highest BCUT2D eigenvalue weighted by Crippen LogP contribution is 2.37. The van der Waals surface area contributed by atoms with Gasteiger partial charge in [-0.3, -0.25) is 4.98 Å². The van der Waals surface area contributed by atoms with Crippen molar-refractivity contribution >= 4 is 21.1 Å².